The Bertz CT molecular complexity index is 679. The topological polar surface area (TPSA) is 30.5 Å². The lowest BCUT2D eigenvalue weighted by Gasteiger charge is -2.20. The van der Waals surface area contributed by atoms with E-state index in [-0.39, 0.29) is 5.02 Å². The maximum absolute atomic E-state index is 13.1. The van der Waals surface area contributed by atoms with Crippen LogP contribution >= 0.6 is 23.2 Å². The number of anilines is 1. The van der Waals surface area contributed by atoms with Gasteiger partial charge in [-0.05, 0) is 17.7 Å². The molecule has 1 heterocycles. The number of halogens is 3. The zero-order valence-electron chi connectivity index (χ0n) is 11.0. The highest BCUT2D eigenvalue weighted by molar-refractivity contribution is 6.33. The van der Waals surface area contributed by atoms with Crippen LogP contribution in [0.1, 0.15) is 5.56 Å². The molecule has 0 spiro atoms. The molecule has 3 rings (SSSR count). The number of hydrogen-bond donors (Lipinski definition) is 1. The SMILES string of the molecule is Fc1ccc(CNc2cc3c(cc2Cl)OCCO3)cc1Cl. The van der Waals surface area contributed by atoms with Crippen LogP contribution in [-0.4, -0.2) is 13.2 Å². The van der Waals surface area contributed by atoms with Gasteiger partial charge in [0.2, 0.25) is 0 Å². The van der Waals surface area contributed by atoms with Gasteiger partial charge in [-0.25, -0.2) is 4.39 Å². The molecule has 21 heavy (non-hydrogen) atoms. The average molecular weight is 328 g/mol. The molecule has 1 aliphatic rings. The van der Waals surface area contributed by atoms with Crippen molar-refractivity contribution in [3.05, 3.63) is 51.8 Å². The van der Waals surface area contributed by atoms with Gasteiger partial charge in [0.1, 0.15) is 19.0 Å². The first-order valence-electron chi connectivity index (χ1n) is 6.40. The van der Waals surface area contributed by atoms with Crippen LogP contribution in [0.3, 0.4) is 0 Å². The largest absolute Gasteiger partial charge is 0.486 e. The zero-order valence-corrected chi connectivity index (χ0v) is 12.5. The number of rotatable bonds is 3. The van der Waals surface area contributed by atoms with Gasteiger partial charge in [-0.3, -0.25) is 0 Å². The van der Waals surface area contributed by atoms with Gasteiger partial charge < -0.3 is 14.8 Å². The average Bonchev–Trinajstić information content (AvgIpc) is 2.48. The van der Waals surface area contributed by atoms with E-state index in [1.165, 1.54) is 6.07 Å². The van der Waals surface area contributed by atoms with Crippen LogP contribution in [0.4, 0.5) is 10.1 Å². The molecule has 2 aromatic carbocycles. The van der Waals surface area contributed by atoms with Crippen molar-refractivity contribution in [1.82, 2.24) is 0 Å². The van der Waals surface area contributed by atoms with Gasteiger partial charge >= 0.3 is 0 Å². The normalized spacial score (nSPS) is 13.1. The van der Waals surface area contributed by atoms with Gasteiger partial charge in [0, 0.05) is 18.7 Å². The van der Waals surface area contributed by atoms with Crippen molar-refractivity contribution < 1.29 is 13.9 Å². The highest BCUT2D eigenvalue weighted by atomic mass is 35.5. The fourth-order valence-electron chi connectivity index (χ4n) is 2.05. The van der Waals surface area contributed by atoms with E-state index in [0.29, 0.717) is 36.3 Å². The molecule has 0 fully saturated rings. The molecule has 0 amide bonds. The molecule has 0 bridgehead atoms. The maximum atomic E-state index is 13.1. The Kier molecular flexibility index (Phi) is 4.08. The van der Waals surface area contributed by atoms with Gasteiger partial charge in [0.15, 0.2) is 11.5 Å². The van der Waals surface area contributed by atoms with E-state index in [2.05, 4.69) is 5.32 Å². The van der Waals surface area contributed by atoms with E-state index >= 15 is 0 Å². The quantitative estimate of drug-likeness (QED) is 0.899. The summed E-state index contributed by atoms with van der Waals surface area (Å²) in [5.74, 6) is 0.865. The first kappa shape index (κ1) is 14.3. The van der Waals surface area contributed by atoms with E-state index in [1.807, 2.05) is 0 Å². The Morgan fingerprint density at radius 2 is 1.71 bits per heavy atom. The fraction of sp³-hybridized carbons (Fsp3) is 0.200. The second-order valence-corrected chi connectivity index (χ2v) is 5.39. The molecule has 0 aromatic heterocycles. The molecular formula is C15H12Cl2FNO2. The van der Waals surface area contributed by atoms with E-state index in [0.717, 1.165) is 11.3 Å². The fourth-order valence-corrected chi connectivity index (χ4v) is 2.47. The van der Waals surface area contributed by atoms with Crippen LogP contribution in [0.2, 0.25) is 10.0 Å². The summed E-state index contributed by atoms with van der Waals surface area (Å²) in [6.45, 7) is 1.51. The highest BCUT2D eigenvalue weighted by Crippen LogP contribution is 2.38. The first-order valence-corrected chi connectivity index (χ1v) is 7.16. The summed E-state index contributed by atoms with van der Waals surface area (Å²) in [6, 6.07) is 8.10. The lowest BCUT2D eigenvalue weighted by molar-refractivity contribution is 0.171. The summed E-state index contributed by atoms with van der Waals surface area (Å²) in [4.78, 5) is 0. The molecule has 1 N–H and O–H groups in total. The van der Waals surface area contributed by atoms with Crippen molar-refractivity contribution in [3.8, 4) is 11.5 Å². The molecule has 3 nitrogen and oxygen atoms in total. The van der Waals surface area contributed by atoms with Crippen molar-refractivity contribution in [1.29, 1.82) is 0 Å². The van der Waals surface area contributed by atoms with Gasteiger partial charge in [0.05, 0.1) is 15.7 Å². The minimum atomic E-state index is -0.433. The molecule has 0 saturated carbocycles. The van der Waals surface area contributed by atoms with Crippen molar-refractivity contribution in [3.63, 3.8) is 0 Å². The molecule has 0 radical (unpaired) electrons. The smallest absolute Gasteiger partial charge is 0.163 e. The third-order valence-electron chi connectivity index (χ3n) is 3.10. The Labute approximate surface area is 131 Å². The summed E-state index contributed by atoms with van der Waals surface area (Å²) in [7, 11) is 0. The van der Waals surface area contributed by atoms with Crippen LogP contribution in [0, 0.1) is 5.82 Å². The molecule has 0 atom stereocenters. The summed E-state index contributed by atoms with van der Waals surface area (Å²) in [5.41, 5.74) is 1.58. The lowest BCUT2D eigenvalue weighted by atomic mass is 10.2. The minimum Gasteiger partial charge on any atom is -0.486 e. The zero-order chi connectivity index (χ0) is 14.8. The van der Waals surface area contributed by atoms with Gasteiger partial charge in [-0.1, -0.05) is 29.3 Å². The van der Waals surface area contributed by atoms with E-state index < -0.39 is 5.82 Å². The second-order valence-electron chi connectivity index (χ2n) is 4.58. The third kappa shape index (κ3) is 3.17. The Hall–Kier alpha value is -1.65. The molecule has 0 aliphatic carbocycles. The number of benzene rings is 2. The molecule has 6 heteroatoms. The summed E-state index contributed by atoms with van der Waals surface area (Å²) in [6.07, 6.45) is 0. The number of fused-ring (bicyclic) bond motifs is 1. The second kappa shape index (κ2) is 6.00. The van der Waals surface area contributed by atoms with E-state index in [9.17, 15) is 4.39 Å². The van der Waals surface area contributed by atoms with E-state index in [4.69, 9.17) is 32.7 Å². The Morgan fingerprint density at radius 1 is 1.00 bits per heavy atom. The summed E-state index contributed by atoms with van der Waals surface area (Å²) in [5, 5.41) is 3.81. The van der Waals surface area contributed by atoms with Gasteiger partial charge in [-0.2, -0.15) is 0 Å². The molecule has 110 valence electrons. The van der Waals surface area contributed by atoms with Crippen molar-refractivity contribution in [2.75, 3.05) is 18.5 Å². The minimum absolute atomic E-state index is 0.0996. The first-order chi connectivity index (χ1) is 10.1. The Morgan fingerprint density at radius 3 is 2.43 bits per heavy atom. The number of hydrogen-bond acceptors (Lipinski definition) is 3. The highest BCUT2D eigenvalue weighted by Gasteiger charge is 2.15. The van der Waals surface area contributed by atoms with Crippen molar-refractivity contribution in [2.45, 2.75) is 6.54 Å². The van der Waals surface area contributed by atoms with Gasteiger partial charge in [0.25, 0.3) is 0 Å². The van der Waals surface area contributed by atoms with Crippen LogP contribution in [-0.2, 0) is 6.54 Å². The number of ether oxygens (including phenoxy) is 2. The van der Waals surface area contributed by atoms with Crippen molar-refractivity contribution in [2.24, 2.45) is 0 Å². The van der Waals surface area contributed by atoms with Crippen LogP contribution < -0.4 is 14.8 Å². The molecule has 2 aromatic rings. The third-order valence-corrected chi connectivity index (χ3v) is 3.70. The lowest BCUT2D eigenvalue weighted by Crippen LogP contribution is -2.15. The van der Waals surface area contributed by atoms with Gasteiger partial charge in [-0.15, -0.1) is 0 Å². The maximum Gasteiger partial charge on any atom is 0.163 e. The van der Waals surface area contributed by atoms with Crippen LogP contribution in [0.15, 0.2) is 30.3 Å². The molecular weight excluding hydrogens is 316 g/mol. The van der Waals surface area contributed by atoms with E-state index in [1.54, 1.807) is 24.3 Å². The van der Waals surface area contributed by atoms with Crippen molar-refractivity contribution >= 4 is 28.9 Å². The predicted octanol–water partition coefficient (Wildman–Crippen LogP) is 4.52. The summed E-state index contributed by atoms with van der Waals surface area (Å²) >= 11 is 12.0. The standard InChI is InChI=1S/C15H12Cl2FNO2/c16-10-5-9(1-2-12(10)18)8-19-13-7-15-14(6-11(13)17)20-3-4-21-15/h1-2,5-7,19H,3-4,8H2. The monoisotopic (exact) mass is 327 g/mol. The molecule has 0 saturated heterocycles. The molecule has 1 aliphatic heterocycles. The predicted molar refractivity (Wildman–Crippen MR) is 81.2 cm³/mol. The summed E-state index contributed by atoms with van der Waals surface area (Å²) < 4.78 is 24.1. The van der Waals surface area contributed by atoms with Crippen LogP contribution in [0.5, 0.6) is 11.5 Å². The van der Waals surface area contributed by atoms with Crippen LogP contribution in [0.25, 0.3) is 0 Å². The Balaban J connectivity index is 1.77. The number of nitrogens with one attached hydrogen (secondary N) is 1. The molecule has 0 unspecified atom stereocenters.